The molecule has 0 saturated carbocycles. The summed E-state index contributed by atoms with van der Waals surface area (Å²) in [6, 6.07) is 9.02. The van der Waals surface area contributed by atoms with Gasteiger partial charge in [0.1, 0.15) is 6.17 Å². The molecule has 1 atom stereocenters. The highest BCUT2D eigenvalue weighted by atomic mass is 32.1. The van der Waals surface area contributed by atoms with E-state index < -0.39 is 6.17 Å². The molecule has 3 heteroatoms. The minimum Gasteiger partial charge on any atom is -0.396 e. The maximum absolute atomic E-state index is 13.2. The number of halogens is 1. The van der Waals surface area contributed by atoms with Gasteiger partial charge < -0.3 is 5.11 Å². The van der Waals surface area contributed by atoms with E-state index in [4.69, 9.17) is 17.3 Å². The van der Waals surface area contributed by atoms with E-state index >= 15 is 0 Å². The molecule has 0 aliphatic carbocycles. The number of thiocarbonyl (C=S) groups is 1. The lowest BCUT2D eigenvalue weighted by Crippen LogP contribution is -2.15. The van der Waals surface area contributed by atoms with Crippen molar-refractivity contribution >= 4 is 17.1 Å². The van der Waals surface area contributed by atoms with Crippen LogP contribution >= 0.6 is 12.2 Å². The Morgan fingerprint density at radius 1 is 1.38 bits per heavy atom. The topological polar surface area (TPSA) is 20.2 Å². The molecule has 0 radical (unpaired) electrons. The number of alkyl halides is 1. The average Bonchev–Trinajstić information content (AvgIpc) is 2.18. The molecule has 1 N–H and O–H groups in total. The Balaban J connectivity index is 2.68. The summed E-state index contributed by atoms with van der Waals surface area (Å²) in [7, 11) is 0. The molecule has 0 aliphatic rings. The van der Waals surface area contributed by atoms with Gasteiger partial charge in [0.2, 0.25) is 0 Å². The van der Waals surface area contributed by atoms with Crippen LogP contribution in [0.15, 0.2) is 30.3 Å². The number of aliphatic hydroxyl groups is 1. The van der Waals surface area contributed by atoms with Gasteiger partial charge in [-0.15, -0.1) is 0 Å². The minimum absolute atomic E-state index is 0.0771. The van der Waals surface area contributed by atoms with Crippen molar-refractivity contribution in [3.05, 3.63) is 35.9 Å². The first-order valence-electron chi connectivity index (χ1n) is 4.10. The van der Waals surface area contributed by atoms with E-state index in [1.165, 1.54) is 0 Å². The van der Waals surface area contributed by atoms with Crippen LogP contribution in [0.4, 0.5) is 4.39 Å². The molecule has 0 heterocycles. The summed E-state index contributed by atoms with van der Waals surface area (Å²) in [6.07, 6.45) is -1.14. The van der Waals surface area contributed by atoms with Gasteiger partial charge >= 0.3 is 0 Å². The van der Waals surface area contributed by atoms with E-state index in [1.807, 2.05) is 18.2 Å². The van der Waals surface area contributed by atoms with Gasteiger partial charge in [0.25, 0.3) is 0 Å². The van der Waals surface area contributed by atoms with Gasteiger partial charge in [-0.1, -0.05) is 42.5 Å². The number of benzene rings is 1. The quantitative estimate of drug-likeness (QED) is 0.590. The molecule has 1 aromatic carbocycles. The van der Waals surface area contributed by atoms with Gasteiger partial charge in [-0.05, 0) is 5.56 Å². The van der Waals surface area contributed by atoms with Gasteiger partial charge in [-0.3, -0.25) is 0 Å². The Morgan fingerprint density at radius 3 is 2.54 bits per heavy atom. The van der Waals surface area contributed by atoms with Crippen molar-refractivity contribution in [3.63, 3.8) is 0 Å². The molecule has 13 heavy (non-hydrogen) atoms. The average molecular weight is 198 g/mol. The van der Waals surface area contributed by atoms with Crippen LogP contribution < -0.4 is 0 Å². The van der Waals surface area contributed by atoms with Crippen LogP contribution in [0.2, 0.25) is 0 Å². The Hall–Kier alpha value is -0.800. The zero-order chi connectivity index (χ0) is 9.68. The summed E-state index contributed by atoms with van der Waals surface area (Å²) < 4.78 is 13.2. The molecule has 0 bridgehead atoms. The normalized spacial score (nSPS) is 12.5. The summed E-state index contributed by atoms with van der Waals surface area (Å²) in [5.41, 5.74) is 0.721. The SMILES string of the molecule is OCCC(F)C(=S)c1ccccc1. The van der Waals surface area contributed by atoms with E-state index in [1.54, 1.807) is 12.1 Å². The van der Waals surface area contributed by atoms with Crippen LogP contribution in [0.1, 0.15) is 12.0 Å². The summed E-state index contributed by atoms with van der Waals surface area (Å²) in [5, 5.41) is 8.53. The Labute approximate surface area is 82.2 Å². The van der Waals surface area contributed by atoms with Crippen molar-refractivity contribution in [2.45, 2.75) is 12.6 Å². The maximum Gasteiger partial charge on any atom is 0.138 e. The van der Waals surface area contributed by atoms with Crippen LogP contribution in [0.5, 0.6) is 0 Å². The fraction of sp³-hybridized carbons (Fsp3) is 0.300. The molecule has 70 valence electrons. The van der Waals surface area contributed by atoms with Gasteiger partial charge in [0.05, 0.1) is 4.86 Å². The van der Waals surface area contributed by atoms with Gasteiger partial charge in [0.15, 0.2) is 0 Å². The Kier molecular flexibility index (Phi) is 3.99. The number of hydrogen-bond donors (Lipinski definition) is 1. The first-order valence-corrected chi connectivity index (χ1v) is 4.50. The first kappa shape index (κ1) is 10.3. The summed E-state index contributed by atoms with van der Waals surface area (Å²) in [5.74, 6) is 0. The first-order chi connectivity index (χ1) is 6.25. The van der Waals surface area contributed by atoms with Crippen LogP contribution in [0, 0.1) is 0 Å². The fourth-order valence-corrected chi connectivity index (χ4v) is 1.28. The predicted molar refractivity (Wildman–Crippen MR) is 54.7 cm³/mol. The van der Waals surface area contributed by atoms with Crippen molar-refractivity contribution in [1.82, 2.24) is 0 Å². The lowest BCUT2D eigenvalue weighted by atomic mass is 10.1. The van der Waals surface area contributed by atoms with Crippen LogP contribution in [0.3, 0.4) is 0 Å². The molecule has 0 aliphatic heterocycles. The monoisotopic (exact) mass is 198 g/mol. The maximum atomic E-state index is 13.2. The van der Waals surface area contributed by atoms with Gasteiger partial charge in [-0.25, -0.2) is 4.39 Å². The van der Waals surface area contributed by atoms with Crippen molar-refractivity contribution in [1.29, 1.82) is 0 Å². The Morgan fingerprint density at radius 2 is 2.00 bits per heavy atom. The van der Waals surface area contributed by atoms with Crippen LogP contribution in [-0.4, -0.2) is 22.7 Å². The zero-order valence-electron chi connectivity index (χ0n) is 7.11. The summed E-state index contributed by atoms with van der Waals surface area (Å²) in [6.45, 7) is -0.172. The number of hydrogen-bond acceptors (Lipinski definition) is 2. The predicted octanol–water partition coefficient (Wildman–Crippen LogP) is 2.13. The van der Waals surface area contributed by atoms with Crippen molar-refractivity contribution in [2.75, 3.05) is 6.61 Å². The van der Waals surface area contributed by atoms with Crippen molar-refractivity contribution < 1.29 is 9.50 Å². The molecule has 1 aromatic rings. The molecule has 1 unspecified atom stereocenters. The van der Waals surface area contributed by atoms with Crippen molar-refractivity contribution in [2.24, 2.45) is 0 Å². The molecular formula is C10H11FOS. The molecule has 0 amide bonds. The standard InChI is InChI=1S/C10H11FOS/c11-9(6-7-12)10(13)8-4-2-1-3-5-8/h1-5,9,12H,6-7H2. The second-order valence-corrected chi connectivity index (χ2v) is 3.15. The Bertz CT molecular complexity index is 274. The highest BCUT2D eigenvalue weighted by Crippen LogP contribution is 2.10. The van der Waals surface area contributed by atoms with Gasteiger partial charge in [-0.2, -0.15) is 0 Å². The fourth-order valence-electron chi connectivity index (χ4n) is 1.03. The van der Waals surface area contributed by atoms with E-state index in [0.717, 1.165) is 5.56 Å². The highest BCUT2D eigenvalue weighted by molar-refractivity contribution is 7.81. The van der Waals surface area contributed by atoms with E-state index in [2.05, 4.69) is 0 Å². The summed E-state index contributed by atoms with van der Waals surface area (Å²) in [4.78, 5) is 0.273. The molecule has 0 fully saturated rings. The van der Waals surface area contributed by atoms with Gasteiger partial charge in [0, 0.05) is 13.0 Å². The third-order valence-corrected chi connectivity index (χ3v) is 2.22. The third-order valence-electron chi connectivity index (χ3n) is 1.73. The smallest absolute Gasteiger partial charge is 0.138 e. The van der Waals surface area contributed by atoms with E-state index in [-0.39, 0.29) is 17.9 Å². The van der Waals surface area contributed by atoms with Crippen LogP contribution in [-0.2, 0) is 0 Å². The number of rotatable bonds is 4. The second-order valence-electron chi connectivity index (χ2n) is 2.71. The molecular weight excluding hydrogens is 187 g/mol. The zero-order valence-corrected chi connectivity index (χ0v) is 7.93. The molecule has 1 nitrogen and oxygen atoms in total. The number of aliphatic hydroxyl groups excluding tert-OH is 1. The molecule has 0 aromatic heterocycles. The largest absolute Gasteiger partial charge is 0.396 e. The van der Waals surface area contributed by atoms with E-state index in [9.17, 15) is 4.39 Å². The van der Waals surface area contributed by atoms with E-state index in [0.29, 0.717) is 0 Å². The third kappa shape index (κ3) is 2.86. The lowest BCUT2D eigenvalue weighted by molar-refractivity contribution is 0.252. The summed E-state index contributed by atoms with van der Waals surface area (Å²) >= 11 is 4.92. The van der Waals surface area contributed by atoms with Crippen LogP contribution in [0.25, 0.3) is 0 Å². The molecule has 1 rings (SSSR count). The molecule has 0 spiro atoms. The molecule has 0 saturated heterocycles. The van der Waals surface area contributed by atoms with Crippen molar-refractivity contribution in [3.8, 4) is 0 Å². The second kappa shape index (κ2) is 5.04. The lowest BCUT2D eigenvalue weighted by Gasteiger charge is -2.07. The highest BCUT2D eigenvalue weighted by Gasteiger charge is 2.13. The minimum atomic E-state index is -1.22.